The van der Waals surface area contributed by atoms with Crippen LogP contribution in [0.3, 0.4) is 0 Å². The molecule has 5 aromatic heterocycles. The minimum absolute atomic E-state index is 1.09. The molecule has 0 saturated carbocycles. The third-order valence-corrected chi connectivity index (χ3v) is 6.37. The summed E-state index contributed by atoms with van der Waals surface area (Å²) in [6.07, 6.45) is 26.9. The largest absolute Gasteiger partial charge is 0.354 e. The molecule has 0 aliphatic heterocycles. The molecule has 0 radical (unpaired) electrons. The molecule has 0 aliphatic rings. The van der Waals surface area contributed by atoms with Crippen molar-refractivity contribution in [1.82, 2.24) is 22.8 Å². The Kier molecular flexibility index (Phi) is 22.6. The van der Waals surface area contributed by atoms with E-state index in [0.29, 0.717) is 0 Å². The van der Waals surface area contributed by atoms with Crippen molar-refractivity contribution in [3.63, 3.8) is 0 Å². The Morgan fingerprint density at radius 2 is 0.537 bits per heavy atom. The molecule has 0 aliphatic carbocycles. The van der Waals surface area contributed by atoms with E-state index < -0.39 is 0 Å². The van der Waals surface area contributed by atoms with E-state index in [0.717, 1.165) is 38.1 Å². The lowest BCUT2D eigenvalue weighted by Gasteiger charge is -1.97. The Morgan fingerprint density at radius 1 is 0.341 bits per heavy atom. The highest BCUT2D eigenvalue weighted by Crippen LogP contribution is 1.95. The molecule has 0 unspecified atom stereocenters. The Morgan fingerprint density at radius 3 is 0.707 bits per heavy atom. The Balaban J connectivity index is 0.000000256. The van der Waals surface area contributed by atoms with E-state index in [-0.39, 0.29) is 0 Å². The first kappa shape index (κ1) is 35.9. The number of aryl methyl sites for hydroxylation is 5. The molecular formula is C35H54BrN5. The van der Waals surface area contributed by atoms with Crippen molar-refractivity contribution in [3.05, 3.63) is 123 Å². The lowest BCUT2D eigenvalue weighted by molar-refractivity contribution is 0.683. The summed E-state index contributed by atoms with van der Waals surface area (Å²) in [4.78, 5) is 0. The van der Waals surface area contributed by atoms with Gasteiger partial charge in [-0.3, -0.25) is 0 Å². The van der Waals surface area contributed by atoms with Gasteiger partial charge in [0, 0.05) is 100 Å². The summed E-state index contributed by atoms with van der Waals surface area (Å²) in [5.41, 5.74) is 0. The first-order valence-electron chi connectivity index (χ1n) is 15.3. The zero-order chi connectivity index (χ0) is 29.8. The summed E-state index contributed by atoms with van der Waals surface area (Å²) < 4.78 is 10.9. The van der Waals surface area contributed by atoms with Crippen molar-refractivity contribution in [2.75, 3.05) is 5.33 Å². The maximum Gasteiger partial charge on any atom is 0.0227 e. The molecule has 5 aromatic rings. The Labute approximate surface area is 258 Å². The second kappa shape index (κ2) is 25.8. The standard InChI is InChI=1S/C7H10BrN.4C7H11N/c8-4-3-7-9-5-1-2-6-9;4*1-2-5-8-6-3-4-7-8/h1-2,5-6H,3-4,7H2;4*3-4,6-7H,2,5H2,1H3. The molecule has 0 bridgehead atoms. The molecule has 5 rings (SSSR count). The highest BCUT2D eigenvalue weighted by Gasteiger charge is 1.85. The average Bonchev–Trinajstić information content (AvgIpc) is 3.82. The summed E-state index contributed by atoms with van der Waals surface area (Å²) >= 11 is 3.38. The van der Waals surface area contributed by atoms with Crippen molar-refractivity contribution in [3.8, 4) is 0 Å². The maximum absolute atomic E-state index is 3.38. The molecule has 0 N–H and O–H groups in total. The van der Waals surface area contributed by atoms with Gasteiger partial charge in [0.1, 0.15) is 0 Å². The van der Waals surface area contributed by atoms with E-state index >= 15 is 0 Å². The second-order valence-electron chi connectivity index (χ2n) is 9.65. The van der Waals surface area contributed by atoms with Gasteiger partial charge in [-0.2, -0.15) is 0 Å². The Hall–Kier alpha value is -3.12. The molecule has 41 heavy (non-hydrogen) atoms. The topological polar surface area (TPSA) is 24.6 Å². The van der Waals surface area contributed by atoms with E-state index in [9.17, 15) is 0 Å². The summed E-state index contributed by atoms with van der Waals surface area (Å²) in [7, 11) is 0. The predicted molar refractivity (Wildman–Crippen MR) is 182 cm³/mol. The number of halogens is 1. The molecular weight excluding hydrogens is 570 g/mol. The third-order valence-electron chi connectivity index (χ3n) is 5.81. The summed E-state index contributed by atoms with van der Waals surface area (Å²) in [5.74, 6) is 0. The molecule has 6 heteroatoms. The van der Waals surface area contributed by atoms with Crippen LogP contribution >= 0.6 is 15.9 Å². The van der Waals surface area contributed by atoms with E-state index in [1.54, 1.807) is 0 Å². The van der Waals surface area contributed by atoms with Gasteiger partial charge in [-0.15, -0.1) is 0 Å². The van der Waals surface area contributed by atoms with E-state index in [4.69, 9.17) is 0 Å². The Bertz CT molecular complexity index is 949. The van der Waals surface area contributed by atoms with Gasteiger partial charge in [0.05, 0.1) is 0 Å². The lowest BCUT2D eigenvalue weighted by atomic mass is 10.5. The predicted octanol–water partition coefficient (Wildman–Crippen LogP) is 9.87. The van der Waals surface area contributed by atoms with Crippen LogP contribution in [0.2, 0.25) is 0 Å². The normalized spacial score (nSPS) is 9.68. The van der Waals surface area contributed by atoms with Gasteiger partial charge in [-0.25, -0.2) is 0 Å². The summed E-state index contributed by atoms with van der Waals surface area (Å²) in [6.45, 7) is 14.4. The fraction of sp³-hybridized carbons (Fsp3) is 0.429. The van der Waals surface area contributed by atoms with Crippen LogP contribution in [0, 0.1) is 0 Å². The molecule has 226 valence electrons. The smallest absolute Gasteiger partial charge is 0.0227 e. The van der Waals surface area contributed by atoms with Crippen LogP contribution in [0.25, 0.3) is 0 Å². The zero-order valence-corrected chi connectivity index (χ0v) is 27.5. The average molecular weight is 625 g/mol. The monoisotopic (exact) mass is 623 g/mol. The number of alkyl halides is 1. The number of rotatable bonds is 11. The summed E-state index contributed by atoms with van der Waals surface area (Å²) in [5, 5.41) is 1.09. The minimum Gasteiger partial charge on any atom is -0.354 e. The number of nitrogens with zero attached hydrogens (tertiary/aromatic N) is 5. The van der Waals surface area contributed by atoms with Crippen molar-refractivity contribution in [1.29, 1.82) is 0 Å². The first-order chi connectivity index (χ1) is 20.2. The van der Waals surface area contributed by atoms with Crippen molar-refractivity contribution >= 4 is 15.9 Å². The van der Waals surface area contributed by atoms with Crippen LogP contribution in [0.1, 0.15) is 59.8 Å². The molecule has 5 nitrogen and oxygen atoms in total. The third kappa shape index (κ3) is 19.6. The first-order valence-corrected chi connectivity index (χ1v) is 16.4. The second-order valence-corrected chi connectivity index (χ2v) is 10.4. The fourth-order valence-corrected chi connectivity index (χ4v) is 4.12. The van der Waals surface area contributed by atoms with E-state index in [2.05, 4.69) is 177 Å². The molecule has 0 amide bonds. The van der Waals surface area contributed by atoms with Crippen LogP contribution in [0.15, 0.2) is 123 Å². The number of aromatic nitrogens is 5. The van der Waals surface area contributed by atoms with Crippen molar-refractivity contribution < 1.29 is 0 Å². The van der Waals surface area contributed by atoms with Crippen LogP contribution in [0.4, 0.5) is 0 Å². The van der Waals surface area contributed by atoms with E-state index in [1.807, 2.05) is 12.1 Å². The van der Waals surface area contributed by atoms with Crippen LogP contribution in [-0.4, -0.2) is 28.2 Å². The molecule has 0 spiro atoms. The fourth-order valence-electron chi connectivity index (χ4n) is 3.87. The number of hydrogen-bond donors (Lipinski definition) is 0. The number of hydrogen-bond acceptors (Lipinski definition) is 0. The van der Waals surface area contributed by atoms with E-state index in [1.165, 1.54) is 32.1 Å². The minimum atomic E-state index is 1.09. The van der Waals surface area contributed by atoms with Gasteiger partial charge < -0.3 is 22.8 Å². The van der Waals surface area contributed by atoms with Gasteiger partial charge in [0.2, 0.25) is 0 Å². The molecule has 0 atom stereocenters. The highest BCUT2D eigenvalue weighted by atomic mass is 79.9. The van der Waals surface area contributed by atoms with Crippen LogP contribution in [-0.2, 0) is 32.7 Å². The summed E-state index contributed by atoms with van der Waals surface area (Å²) in [6, 6.07) is 20.5. The quantitative estimate of drug-likeness (QED) is 0.131. The molecule has 0 fully saturated rings. The molecule has 0 aromatic carbocycles. The highest BCUT2D eigenvalue weighted by molar-refractivity contribution is 9.09. The van der Waals surface area contributed by atoms with Gasteiger partial charge in [0.15, 0.2) is 0 Å². The maximum atomic E-state index is 3.38. The molecule has 0 saturated heterocycles. The van der Waals surface area contributed by atoms with Crippen LogP contribution < -0.4 is 0 Å². The van der Waals surface area contributed by atoms with Crippen LogP contribution in [0.5, 0.6) is 0 Å². The SMILES string of the molecule is BrCCCn1cccc1.CCCn1cccc1.CCCn1cccc1.CCCn1cccc1.CCCn1cccc1. The zero-order valence-electron chi connectivity index (χ0n) is 25.9. The van der Waals surface area contributed by atoms with Gasteiger partial charge in [0.25, 0.3) is 0 Å². The lowest BCUT2D eigenvalue weighted by Crippen LogP contribution is -1.93. The van der Waals surface area contributed by atoms with Crippen molar-refractivity contribution in [2.24, 2.45) is 0 Å². The van der Waals surface area contributed by atoms with Crippen molar-refractivity contribution in [2.45, 2.75) is 92.5 Å². The van der Waals surface area contributed by atoms with Gasteiger partial charge >= 0.3 is 0 Å². The van der Waals surface area contributed by atoms with Gasteiger partial charge in [-0.1, -0.05) is 43.6 Å². The van der Waals surface area contributed by atoms with Gasteiger partial charge in [-0.05, 0) is 92.8 Å². The molecule has 5 heterocycles.